The maximum absolute atomic E-state index is 12.3. The number of carbonyl (C=O) groups excluding carboxylic acids is 1. The highest BCUT2D eigenvalue weighted by molar-refractivity contribution is 8.14. The molecule has 0 amide bonds. The van der Waals surface area contributed by atoms with Crippen molar-refractivity contribution in [3.63, 3.8) is 0 Å². The summed E-state index contributed by atoms with van der Waals surface area (Å²) in [6.45, 7) is 8.65. The van der Waals surface area contributed by atoms with Gasteiger partial charge in [-0.25, -0.2) is 0 Å². The summed E-state index contributed by atoms with van der Waals surface area (Å²) >= 11 is 1.30. The molecule has 0 spiro atoms. The van der Waals surface area contributed by atoms with E-state index < -0.39 is 0 Å². The van der Waals surface area contributed by atoms with E-state index in [9.17, 15) is 9.59 Å². The van der Waals surface area contributed by atoms with Crippen LogP contribution in [-0.2, 0) is 11.3 Å². The molecule has 25 heavy (non-hydrogen) atoms. The van der Waals surface area contributed by atoms with Crippen molar-refractivity contribution in [1.82, 2.24) is 4.57 Å². The Labute approximate surface area is 152 Å². The van der Waals surface area contributed by atoms with Gasteiger partial charge in [0.2, 0.25) is 5.12 Å². The lowest BCUT2D eigenvalue weighted by Crippen LogP contribution is -2.19. The predicted molar refractivity (Wildman–Crippen MR) is 106 cm³/mol. The Morgan fingerprint density at radius 3 is 2.80 bits per heavy atom. The zero-order chi connectivity index (χ0) is 18.2. The largest absolute Gasteiger partial charge is 0.493 e. The topological polar surface area (TPSA) is 48.3 Å². The van der Waals surface area contributed by atoms with Gasteiger partial charge >= 0.3 is 0 Å². The number of thioether (sulfide) groups is 1. The second-order valence-electron chi connectivity index (χ2n) is 5.89. The molecular weight excluding hydrogens is 334 g/mol. The third kappa shape index (κ3) is 5.23. The van der Waals surface area contributed by atoms with Gasteiger partial charge in [0.05, 0.1) is 12.1 Å². The Bertz CT molecular complexity index is 810. The van der Waals surface area contributed by atoms with Gasteiger partial charge in [0.25, 0.3) is 5.56 Å². The van der Waals surface area contributed by atoms with Gasteiger partial charge in [0.15, 0.2) is 0 Å². The Hall–Kier alpha value is -2.01. The van der Waals surface area contributed by atoms with Crippen LogP contribution in [0.4, 0.5) is 0 Å². The lowest BCUT2D eigenvalue weighted by Gasteiger charge is -2.13. The standard InChI is InChI=1S/C20H25NO3S/c1-4-20(23)25-12-8-6-7-11-24-18-14-19(22)21(5-2)17-13-15(3)9-10-16(17)18/h4,9-10,13-14H,1,5-8,11-12H2,2-3H3. The summed E-state index contributed by atoms with van der Waals surface area (Å²) in [6.07, 6.45) is 4.19. The molecule has 1 aromatic heterocycles. The first-order valence-corrected chi connectivity index (χ1v) is 9.61. The number of carbonyl (C=O) groups is 1. The van der Waals surface area contributed by atoms with Gasteiger partial charge in [-0.3, -0.25) is 9.59 Å². The number of pyridine rings is 1. The number of benzene rings is 1. The zero-order valence-electron chi connectivity index (χ0n) is 14.9. The fraction of sp³-hybridized carbons (Fsp3) is 0.400. The number of unbranched alkanes of at least 4 members (excludes halogenated alkanes) is 2. The molecule has 2 aromatic rings. The SMILES string of the molecule is C=CC(=O)SCCCCCOc1cc(=O)n(CC)c2cc(C)ccc12. The van der Waals surface area contributed by atoms with E-state index in [-0.39, 0.29) is 10.7 Å². The summed E-state index contributed by atoms with van der Waals surface area (Å²) < 4.78 is 7.65. The fourth-order valence-corrected chi connectivity index (χ4v) is 3.37. The van der Waals surface area contributed by atoms with Gasteiger partial charge in [-0.15, -0.1) is 0 Å². The molecule has 0 aliphatic carbocycles. The molecule has 2 rings (SSSR count). The van der Waals surface area contributed by atoms with Crippen LogP contribution in [0, 0.1) is 6.92 Å². The quantitative estimate of drug-likeness (QED) is 0.494. The molecule has 0 aliphatic rings. The predicted octanol–water partition coefficient (Wildman–Crippen LogP) is 4.32. The average molecular weight is 359 g/mol. The molecule has 0 saturated carbocycles. The van der Waals surface area contributed by atoms with Crippen LogP contribution in [0.15, 0.2) is 41.7 Å². The van der Waals surface area contributed by atoms with Gasteiger partial charge in [-0.05, 0) is 56.9 Å². The lowest BCUT2D eigenvalue weighted by molar-refractivity contribution is -0.107. The molecule has 0 saturated heterocycles. The first-order chi connectivity index (χ1) is 12.1. The van der Waals surface area contributed by atoms with Crippen LogP contribution in [0.5, 0.6) is 5.75 Å². The summed E-state index contributed by atoms with van der Waals surface area (Å²) in [5, 5.41) is 0.994. The Morgan fingerprint density at radius 1 is 1.28 bits per heavy atom. The number of aryl methyl sites for hydroxylation is 2. The summed E-state index contributed by atoms with van der Waals surface area (Å²) in [7, 11) is 0. The van der Waals surface area contributed by atoms with E-state index in [1.807, 2.05) is 32.0 Å². The van der Waals surface area contributed by atoms with E-state index in [4.69, 9.17) is 4.74 Å². The normalized spacial score (nSPS) is 10.8. The molecule has 0 atom stereocenters. The lowest BCUT2D eigenvalue weighted by atomic mass is 10.1. The van der Waals surface area contributed by atoms with E-state index >= 15 is 0 Å². The highest BCUT2D eigenvalue weighted by Crippen LogP contribution is 2.25. The summed E-state index contributed by atoms with van der Waals surface area (Å²) in [4.78, 5) is 23.4. The minimum absolute atomic E-state index is 0.0227. The minimum Gasteiger partial charge on any atom is -0.493 e. The molecule has 1 heterocycles. The van der Waals surface area contributed by atoms with E-state index in [0.717, 1.165) is 41.5 Å². The highest BCUT2D eigenvalue weighted by Gasteiger charge is 2.09. The minimum atomic E-state index is -0.0325. The monoisotopic (exact) mass is 359 g/mol. The summed E-state index contributed by atoms with van der Waals surface area (Å²) in [5.74, 6) is 1.46. The maximum atomic E-state index is 12.3. The molecule has 1 aromatic carbocycles. The van der Waals surface area contributed by atoms with Crippen LogP contribution < -0.4 is 10.3 Å². The van der Waals surface area contributed by atoms with Crippen LogP contribution >= 0.6 is 11.8 Å². The summed E-state index contributed by atoms with van der Waals surface area (Å²) in [5.41, 5.74) is 2.01. The molecule has 0 fully saturated rings. The molecular formula is C20H25NO3S. The molecule has 5 heteroatoms. The van der Waals surface area contributed by atoms with Crippen molar-refractivity contribution in [3.05, 3.63) is 52.8 Å². The highest BCUT2D eigenvalue weighted by atomic mass is 32.2. The van der Waals surface area contributed by atoms with E-state index in [1.54, 1.807) is 10.6 Å². The summed E-state index contributed by atoms with van der Waals surface area (Å²) in [6, 6.07) is 7.66. The number of hydrogen-bond acceptors (Lipinski definition) is 4. The van der Waals surface area contributed by atoms with Gasteiger partial charge in [0.1, 0.15) is 5.75 Å². The van der Waals surface area contributed by atoms with Gasteiger partial charge in [-0.2, -0.15) is 0 Å². The fourth-order valence-electron chi connectivity index (χ4n) is 2.70. The molecule has 4 nitrogen and oxygen atoms in total. The van der Waals surface area contributed by atoms with Crippen molar-refractivity contribution in [2.24, 2.45) is 0 Å². The van der Waals surface area contributed by atoms with Crippen molar-refractivity contribution in [2.45, 2.75) is 39.7 Å². The van der Waals surface area contributed by atoms with E-state index in [0.29, 0.717) is 18.9 Å². The van der Waals surface area contributed by atoms with Crippen LogP contribution in [0.25, 0.3) is 10.9 Å². The van der Waals surface area contributed by atoms with E-state index in [2.05, 4.69) is 6.58 Å². The number of hydrogen-bond donors (Lipinski definition) is 0. The molecule has 134 valence electrons. The zero-order valence-corrected chi connectivity index (χ0v) is 15.7. The average Bonchev–Trinajstić information content (AvgIpc) is 2.60. The number of aromatic nitrogens is 1. The Kier molecular flexibility index (Phi) is 7.31. The van der Waals surface area contributed by atoms with Gasteiger partial charge in [0, 0.05) is 23.8 Å². The molecule has 0 unspecified atom stereocenters. The third-order valence-corrected chi connectivity index (χ3v) is 4.95. The van der Waals surface area contributed by atoms with Crippen molar-refractivity contribution >= 4 is 27.8 Å². The number of rotatable bonds is 9. The van der Waals surface area contributed by atoms with Crippen molar-refractivity contribution < 1.29 is 9.53 Å². The van der Waals surface area contributed by atoms with Crippen molar-refractivity contribution in [1.29, 1.82) is 0 Å². The molecule has 0 N–H and O–H groups in total. The number of nitrogens with zero attached hydrogens (tertiary/aromatic N) is 1. The van der Waals surface area contributed by atoms with Crippen LogP contribution in [0.1, 0.15) is 31.7 Å². The van der Waals surface area contributed by atoms with Crippen LogP contribution in [0.3, 0.4) is 0 Å². The Morgan fingerprint density at radius 2 is 2.08 bits per heavy atom. The maximum Gasteiger partial charge on any atom is 0.254 e. The number of fused-ring (bicyclic) bond motifs is 1. The van der Waals surface area contributed by atoms with Gasteiger partial charge in [-0.1, -0.05) is 24.4 Å². The van der Waals surface area contributed by atoms with Crippen LogP contribution in [0.2, 0.25) is 0 Å². The second-order valence-corrected chi connectivity index (χ2v) is 6.99. The smallest absolute Gasteiger partial charge is 0.254 e. The van der Waals surface area contributed by atoms with Crippen molar-refractivity contribution in [3.8, 4) is 5.75 Å². The Balaban J connectivity index is 1.96. The first kappa shape index (κ1) is 19.3. The molecule has 0 aliphatic heterocycles. The molecule has 0 radical (unpaired) electrons. The number of ether oxygens (including phenoxy) is 1. The second kappa shape index (κ2) is 9.47. The van der Waals surface area contributed by atoms with Gasteiger partial charge < -0.3 is 9.30 Å². The van der Waals surface area contributed by atoms with Crippen LogP contribution in [-0.4, -0.2) is 22.0 Å². The molecule has 0 bridgehead atoms. The van der Waals surface area contributed by atoms with Crippen molar-refractivity contribution in [2.75, 3.05) is 12.4 Å². The van der Waals surface area contributed by atoms with E-state index in [1.165, 1.54) is 17.8 Å². The third-order valence-electron chi connectivity index (χ3n) is 4.00. The first-order valence-electron chi connectivity index (χ1n) is 8.63.